The predicted molar refractivity (Wildman–Crippen MR) is 128 cm³/mol. The van der Waals surface area contributed by atoms with E-state index in [0.29, 0.717) is 18.2 Å². The lowest BCUT2D eigenvalue weighted by atomic mass is 10.1. The summed E-state index contributed by atoms with van der Waals surface area (Å²) >= 11 is 1.71. The van der Waals surface area contributed by atoms with E-state index < -0.39 is 0 Å². The van der Waals surface area contributed by atoms with Gasteiger partial charge in [-0.05, 0) is 42.8 Å². The monoisotopic (exact) mass is 428 g/mol. The lowest BCUT2D eigenvalue weighted by Crippen LogP contribution is -2.07. The number of nitrogens with zero attached hydrogens (tertiary/aromatic N) is 2. The average molecular weight is 429 g/mol. The summed E-state index contributed by atoms with van der Waals surface area (Å²) in [6, 6.07) is 24.8. The smallest absolute Gasteiger partial charge is 0.132 e. The molecule has 0 aliphatic rings. The SMILES string of the molecule is COc1ccccc1-c1ccc(Sc2ccccc2NCc2cnc(C)nc2N)cc1. The highest BCUT2D eigenvalue weighted by atomic mass is 32.2. The minimum Gasteiger partial charge on any atom is -0.496 e. The van der Waals surface area contributed by atoms with Crippen molar-refractivity contribution in [2.45, 2.75) is 23.3 Å². The van der Waals surface area contributed by atoms with Gasteiger partial charge in [-0.15, -0.1) is 0 Å². The van der Waals surface area contributed by atoms with Crippen LogP contribution in [-0.2, 0) is 6.54 Å². The van der Waals surface area contributed by atoms with Gasteiger partial charge in [-0.3, -0.25) is 0 Å². The number of aryl methyl sites for hydroxylation is 1. The van der Waals surface area contributed by atoms with Crippen LogP contribution in [0.5, 0.6) is 5.75 Å². The number of hydrogen-bond acceptors (Lipinski definition) is 6. The molecule has 0 amide bonds. The second kappa shape index (κ2) is 9.53. The van der Waals surface area contributed by atoms with Crippen molar-refractivity contribution in [3.63, 3.8) is 0 Å². The van der Waals surface area contributed by atoms with Gasteiger partial charge in [0.05, 0.1) is 7.11 Å². The third kappa shape index (κ3) is 4.98. The molecule has 31 heavy (non-hydrogen) atoms. The molecule has 1 aromatic heterocycles. The van der Waals surface area contributed by atoms with Gasteiger partial charge in [0.1, 0.15) is 17.4 Å². The summed E-state index contributed by atoms with van der Waals surface area (Å²) in [5.41, 5.74) is 10.2. The van der Waals surface area contributed by atoms with Crippen LogP contribution in [-0.4, -0.2) is 17.1 Å². The van der Waals surface area contributed by atoms with Crippen LogP contribution in [0.2, 0.25) is 0 Å². The first-order valence-electron chi connectivity index (χ1n) is 9.96. The molecule has 5 nitrogen and oxygen atoms in total. The third-order valence-corrected chi connectivity index (χ3v) is 5.96. The van der Waals surface area contributed by atoms with E-state index in [-0.39, 0.29) is 0 Å². The van der Waals surface area contributed by atoms with Gasteiger partial charge >= 0.3 is 0 Å². The Balaban J connectivity index is 1.50. The van der Waals surface area contributed by atoms with E-state index in [0.717, 1.165) is 37.9 Å². The van der Waals surface area contributed by atoms with E-state index in [9.17, 15) is 0 Å². The molecular weight excluding hydrogens is 404 g/mol. The number of nitrogens with two attached hydrogens (primary N) is 1. The maximum Gasteiger partial charge on any atom is 0.132 e. The number of anilines is 2. The molecular formula is C25H24N4OS. The average Bonchev–Trinajstić information content (AvgIpc) is 2.80. The maximum absolute atomic E-state index is 6.02. The minimum atomic E-state index is 0.511. The Morgan fingerprint density at radius 1 is 0.968 bits per heavy atom. The van der Waals surface area contributed by atoms with Crippen molar-refractivity contribution in [2.24, 2.45) is 0 Å². The number of benzene rings is 3. The Bertz CT molecular complexity index is 1180. The van der Waals surface area contributed by atoms with Gasteiger partial charge in [0.15, 0.2) is 0 Å². The summed E-state index contributed by atoms with van der Waals surface area (Å²) < 4.78 is 5.49. The zero-order valence-corrected chi connectivity index (χ0v) is 18.3. The normalized spacial score (nSPS) is 10.6. The summed E-state index contributed by atoms with van der Waals surface area (Å²) in [5.74, 6) is 2.06. The van der Waals surface area contributed by atoms with Crippen LogP contribution in [0.15, 0.2) is 88.8 Å². The van der Waals surface area contributed by atoms with Gasteiger partial charge in [-0.25, -0.2) is 9.97 Å². The van der Waals surface area contributed by atoms with Crippen LogP contribution in [0.3, 0.4) is 0 Å². The summed E-state index contributed by atoms with van der Waals surface area (Å²) in [5, 5.41) is 3.47. The van der Waals surface area contributed by atoms with E-state index in [1.165, 1.54) is 0 Å². The molecule has 0 fully saturated rings. The first-order chi connectivity index (χ1) is 15.1. The van der Waals surface area contributed by atoms with Gasteiger partial charge in [-0.1, -0.05) is 54.2 Å². The summed E-state index contributed by atoms with van der Waals surface area (Å²) in [4.78, 5) is 10.8. The van der Waals surface area contributed by atoms with Crippen molar-refractivity contribution in [1.29, 1.82) is 0 Å². The van der Waals surface area contributed by atoms with Crippen LogP contribution in [0, 0.1) is 6.92 Å². The van der Waals surface area contributed by atoms with Gasteiger partial charge in [0.25, 0.3) is 0 Å². The van der Waals surface area contributed by atoms with E-state index in [1.54, 1.807) is 25.1 Å². The van der Waals surface area contributed by atoms with Crippen molar-refractivity contribution >= 4 is 23.3 Å². The lowest BCUT2D eigenvalue weighted by Gasteiger charge is -2.13. The molecule has 0 aliphatic carbocycles. The Labute approximate surface area is 186 Å². The number of nitrogens with one attached hydrogen (secondary N) is 1. The molecule has 4 rings (SSSR count). The number of para-hydroxylation sites is 2. The fraction of sp³-hybridized carbons (Fsp3) is 0.120. The molecule has 3 N–H and O–H groups in total. The third-order valence-electron chi connectivity index (χ3n) is 4.87. The number of methoxy groups -OCH3 is 1. The number of aromatic nitrogens is 2. The fourth-order valence-corrected chi connectivity index (χ4v) is 4.18. The Hall–Kier alpha value is -3.51. The quantitative estimate of drug-likeness (QED) is 0.387. The van der Waals surface area contributed by atoms with E-state index in [1.807, 2.05) is 37.3 Å². The zero-order valence-electron chi connectivity index (χ0n) is 17.5. The zero-order chi connectivity index (χ0) is 21.6. The lowest BCUT2D eigenvalue weighted by molar-refractivity contribution is 0.416. The van der Waals surface area contributed by atoms with Crippen molar-refractivity contribution in [3.8, 4) is 16.9 Å². The molecule has 0 unspecified atom stereocenters. The minimum absolute atomic E-state index is 0.511. The van der Waals surface area contributed by atoms with E-state index in [4.69, 9.17) is 10.5 Å². The highest BCUT2D eigenvalue weighted by molar-refractivity contribution is 7.99. The van der Waals surface area contributed by atoms with Crippen LogP contribution in [0.25, 0.3) is 11.1 Å². The molecule has 0 spiro atoms. The van der Waals surface area contributed by atoms with Crippen LogP contribution >= 0.6 is 11.8 Å². The van der Waals surface area contributed by atoms with Crippen LogP contribution in [0.1, 0.15) is 11.4 Å². The van der Waals surface area contributed by atoms with Gasteiger partial charge in [0.2, 0.25) is 0 Å². The second-order valence-electron chi connectivity index (χ2n) is 7.00. The Morgan fingerprint density at radius 2 is 1.71 bits per heavy atom. The van der Waals surface area contributed by atoms with Crippen molar-refractivity contribution in [3.05, 3.63) is 90.4 Å². The molecule has 1 heterocycles. The first kappa shape index (κ1) is 20.8. The molecule has 4 aromatic rings. The van der Waals surface area contributed by atoms with Gasteiger partial charge in [-0.2, -0.15) is 0 Å². The van der Waals surface area contributed by atoms with Crippen molar-refractivity contribution in [2.75, 3.05) is 18.2 Å². The Kier molecular flexibility index (Phi) is 6.38. The molecule has 0 atom stereocenters. The molecule has 156 valence electrons. The van der Waals surface area contributed by atoms with Crippen LogP contribution in [0.4, 0.5) is 11.5 Å². The molecule has 0 saturated heterocycles. The first-order valence-corrected chi connectivity index (χ1v) is 10.8. The molecule has 0 radical (unpaired) electrons. The topological polar surface area (TPSA) is 73.1 Å². The number of rotatable bonds is 7. The molecule has 6 heteroatoms. The van der Waals surface area contributed by atoms with Crippen LogP contribution < -0.4 is 15.8 Å². The number of nitrogen functional groups attached to an aromatic ring is 1. The van der Waals surface area contributed by atoms with Gasteiger partial charge < -0.3 is 15.8 Å². The summed E-state index contributed by atoms with van der Waals surface area (Å²) in [6.45, 7) is 2.40. The van der Waals surface area contributed by atoms with E-state index in [2.05, 4.69) is 57.7 Å². The largest absolute Gasteiger partial charge is 0.496 e. The van der Waals surface area contributed by atoms with Crippen molar-refractivity contribution < 1.29 is 4.74 Å². The number of hydrogen-bond donors (Lipinski definition) is 2. The maximum atomic E-state index is 6.02. The predicted octanol–water partition coefficient (Wildman–Crippen LogP) is 5.81. The summed E-state index contributed by atoms with van der Waals surface area (Å²) in [7, 11) is 1.70. The number of ether oxygens (including phenoxy) is 1. The summed E-state index contributed by atoms with van der Waals surface area (Å²) in [6.07, 6.45) is 1.77. The van der Waals surface area contributed by atoms with Crippen molar-refractivity contribution in [1.82, 2.24) is 9.97 Å². The van der Waals surface area contributed by atoms with Gasteiger partial charge in [0, 0.05) is 39.3 Å². The highest BCUT2D eigenvalue weighted by Crippen LogP contribution is 2.36. The molecule has 0 bridgehead atoms. The highest BCUT2D eigenvalue weighted by Gasteiger charge is 2.08. The second-order valence-corrected chi connectivity index (χ2v) is 8.12. The standard InChI is InChI=1S/C25H24N4OS/c1-17-27-15-19(25(26)29-17)16-28-22-8-4-6-10-24(22)31-20-13-11-18(12-14-20)21-7-3-5-9-23(21)30-2/h3-15,28H,16H2,1-2H3,(H2,26,27,29). The molecule has 3 aromatic carbocycles. The Morgan fingerprint density at radius 3 is 2.48 bits per heavy atom. The fourth-order valence-electron chi connectivity index (χ4n) is 3.25. The van der Waals surface area contributed by atoms with E-state index >= 15 is 0 Å². The molecule has 0 saturated carbocycles. The molecule has 0 aliphatic heterocycles.